The third kappa shape index (κ3) is 4.53. The van der Waals surface area contributed by atoms with E-state index in [-0.39, 0.29) is 39.1 Å². The Morgan fingerprint density at radius 2 is 1.39 bits per heavy atom. The smallest absolute Gasteiger partial charge is 0.259 e. The van der Waals surface area contributed by atoms with Crippen LogP contribution >= 0.6 is 0 Å². The van der Waals surface area contributed by atoms with Crippen LogP contribution in [-0.2, 0) is 22.8 Å². The van der Waals surface area contributed by atoms with Crippen molar-refractivity contribution in [3.63, 3.8) is 0 Å². The van der Waals surface area contributed by atoms with E-state index < -0.39 is 15.7 Å². The summed E-state index contributed by atoms with van der Waals surface area (Å²) >= 11 is 0. The van der Waals surface area contributed by atoms with Crippen LogP contribution in [0.15, 0.2) is 113 Å². The van der Waals surface area contributed by atoms with E-state index in [1.165, 1.54) is 35.2 Å². The Balaban J connectivity index is 1.53. The van der Waals surface area contributed by atoms with E-state index >= 15 is 0 Å². The normalized spacial score (nSPS) is 13.9. The second-order valence-corrected chi connectivity index (χ2v) is 10.4. The Labute approximate surface area is 210 Å². The van der Waals surface area contributed by atoms with Gasteiger partial charge < -0.3 is 10.2 Å². The lowest BCUT2D eigenvalue weighted by molar-refractivity contribution is 0.0950. The summed E-state index contributed by atoms with van der Waals surface area (Å²) in [6.07, 6.45) is 0.666. The molecule has 0 bridgehead atoms. The molecule has 1 aliphatic rings. The fourth-order valence-electron chi connectivity index (χ4n) is 4.34. The number of fused-ring (bicyclic) bond motifs is 2. The molecule has 0 fully saturated rings. The first kappa shape index (κ1) is 23.5. The third-order valence-corrected chi connectivity index (χ3v) is 8.04. The number of benzene rings is 4. The van der Waals surface area contributed by atoms with Gasteiger partial charge in [-0.3, -0.25) is 9.59 Å². The number of rotatable bonds is 6. The molecule has 4 aromatic rings. The van der Waals surface area contributed by atoms with Crippen molar-refractivity contribution >= 4 is 27.3 Å². The minimum absolute atomic E-state index is 0.00225. The van der Waals surface area contributed by atoms with Crippen LogP contribution in [0.4, 0.5) is 5.69 Å². The number of nitrogens with zero attached hydrogens (tertiary/aromatic N) is 1. The van der Waals surface area contributed by atoms with Crippen molar-refractivity contribution < 1.29 is 18.0 Å². The van der Waals surface area contributed by atoms with Crippen LogP contribution in [0.25, 0.3) is 0 Å². The van der Waals surface area contributed by atoms with Gasteiger partial charge in [0, 0.05) is 12.1 Å². The molecule has 7 heteroatoms. The highest BCUT2D eigenvalue weighted by molar-refractivity contribution is 7.91. The Kier molecular flexibility index (Phi) is 6.40. The maximum atomic E-state index is 13.7. The van der Waals surface area contributed by atoms with E-state index in [2.05, 4.69) is 5.32 Å². The van der Waals surface area contributed by atoms with Crippen molar-refractivity contribution in [2.75, 3.05) is 11.4 Å². The summed E-state index contributed by atoms with van der Waals surface area (Å²) in [4.78, 5) is 28.0. The number of carbonyl (C=O) groups excluding carboxylic acids is 2. The van der Waals surface area contributed by atoms with Gasteiger partial charge in [0.1, 0.15) is 0 Å². The summed E-state index contributed by atoms with van der Waals surface area (Å²) in [6, 6.07) is 29.8. The van der Waals surface area contributed by atoms with E-state index in [1.54, 1.807) is 12.1 Å². The molecule has 2 amide bonds. The predicted molar refractivity (Wildman–Crippen MR) is 138 cm³/mol. The second-order valence-electron chi connectivity index (χ2n) is 8.55. The predicted octanol–water partition coefficient (Wildman–Crippen LogP) is 4.65. The summed E-state index contributed by atoms with van der Waals surface area (Å²) in [6.45, 7) is 0.589. The average molecular weight is 497 g/mol. The number of carbonyl (C=O) groups is 2. The molecule has 6 nitrogen and oxygen atoms in total. The number of nitrogens with one attached hydrogen (secondary N) is 1. The number of anilines is 1. The van der Waals surface area contributed by atoms with E-state index in [0.717, 1.165) is 11.1 Å². The molecule has 0 aromatic heterocycles. The number of hydrogen-bond donors (Lipinski definition) is 1. The molecule has 1 N–H and O–H groups in total. The highest BCUT2D eigenvalue weighted by Gasteiger charge is 2.36. The maximum Gasteiger partial charge on any atom is 0.259 e. The monoisotopic (exact) mass is 496 g/mol. The summed E-state index contributed by atoms with van der Waals surface area (Å²) in [7, 11) is -3.99. The molecular formula is C29H24N2O4S. The molecule has 0 radical (unpaired) electrons. The fraction of sp³-hybridized carbons (Fsp3) is 0.103. The van der Waals surface area contributed by atoms with E-state index in [0.29, 0.717) is 13.0 Å². The topological polar surface area (TPSA) is 83.6 Å². The Morgan fingerprint density at radius 1 is 0.750 bits per heavy atom. The van der Waals surface area contributed by atoms with Gasteiger partial charge >= 0.3 is 0 Å². The molecule has 1 aliphatic heterocycles. The Bertz CT molecular complexity index is 1530. The first-order chi connectivity index (χ1) is 17.4. The molecule has 1 heterocycles. The van der Waals surface area contributed by atoms with E-state index in [1.807, 2.05) is 60.7 Å². The fourth-order valence-corrected chi connectivity index (χ4v) is 5.97. The molecule has 4 aromatic carbocycles. The summed E-state index contributed by atoms with van der Waals surface area (Å²) in [5, 5.41) is 2.89. The molecule has 0 spiro atoms. The summed E-state index contributed by atoms with van der Waals surface area (Å²) in [5.41, 5.74) is 2.53. The lowest BCUT2D eigenvalue weighted by Gasteiger charge is -2.23. The first-order valence-corrected chi connectivity index (χ1v) is 13.1. The van der Waals surface area contributed by atoms with Crippen LogP contribution in [-0.4, -0.2) is 26.8 Å². The zero-order valence-electron chi connectivity index (χ0n) is 19.4. The summed E-state index contributed by atoms with van der Waals surface area (Å²) in [5.74, 6) is -0.765. The van der Waals surface area contributed by atoms with Crippen LogP contribution in [0, 0.1) is 0 Å². The van der Waals surface area contributed by atoms with Gasteiger partial charge in [-0.1, -0.05) is 72.8 Å². The van der Waals surface area contributed by atoms with Crippen LogP contribution in [0.2, 0.25) is 0 Å². The van der Waals surface area contributed by atoms with Gasteiger partial charge in [-0.15, -0.1) is 0 Å². The van der Waals surface area contributed by atoms with Gasteiger partial charge in [-0.05, 0) is 47.9 Å². The van der Waals surface area contributed by atoms with Crippen molar-refractivity contribution in [3.8, 4) is 0 Å². The molecular weight excluding hydrogens is 472 g/mol. The van der Waals surface area contributed by atoms with Crippen LogP contribution < -0.4 is 10.2 Å². The number of hydrogen-bond acceptors (Lipinski definition) is 4. The van der Waals surface area contributed by atoms with Crippen molar-refractivity contribution in [1.29, 1.82) is 0 Å². The quantitative estimate of drug-likeness (QED) is 0.421. The van der Waals surface area contributed by atoms with Gasteiger partial charge in [0.05, 0.1) is 27.6 Å². The standard InChI is InChI=1S/C29H24N2O4S/c32-28(30-18-17-21-9-3-1-4-10-21)23-15-16-27-25(19-23)31(20-22-11-5-2-6-12-22)29(33)24-13-7-8-14-26(24)36(27,34)35/h1-16,19H,17-18,20H2,(H,30,32). The second kappa shape index (κ2) is 9.79. The maximum absolute atomic E-state index is 13.7. The Hall–Kier alpha value is -4.23. The molecule has 5 rings (SSSR count). The van der Waals surface area contributed by atoms with Gasteiger partial charge in [-0.2, -0.15) is 0 Å². The molecule has 0 aliphatic carbocycles. The molecule has 36 heavy (non-hydrogen) atoms. The van der Waals surface area contributed by atoms with Gasteiger partial charge in [0.15, 0.2) is 0 Å². The van der Waals surface area contributed by atoms with Crippen molar-refractivity contribution in [2.45, 2.75) is 22.8 Å². The first-order valence-electron chi connectivity index (χ1n) is 11.6. The zero-order chi connectivity index (χ0) is 25.1. The Morgan fingerprint density at radius 3 is 2.11 bits per heavy atom. The third-order valence-electron chi connectivity index (χ3n) is 6.18. The lowest BCUT2D eigenvalue weighted by atomic mass is 10.1. The lowest BCUT2D eigenvalue weighted by Crippen LogP contribution is -2.31. The zero-order valence-corrected chi connectivity index (χ0v) is 20.2. The minimum atomic E-state index is -3.99. The van der Waals surface area contributed by atoms with Crippen LogP contribution in [0.1, 0.15) is 31.8 Å². The van der Waals surface area contributed by atoms with Gasteiger partial charge in [0.25, 0.3) is 11.8 Å². The van der Waals surface area contributed by atoms with Crippen molar-refractivity contribution in [2.24, 2.45) is 0 Å². The van der Waals surface area contributed by atoms with Gasteiger partial charge in [-0.25, -0.2) is 8.42 Å². The van der Waals surface area contributed by atoms with E-state index in [4.69, 9.17) is 0 Å². The molecule has 0 unspecified atom stereocenters. The SMILES string of the molecule is O=C(NCCc1ccccc1)c1ccc2c(c1)N(Cc1ccccc1)C(=O)c1ccccc1S2(=O)=O. The van der Waals surface area contributed by atoms with Crippen LogP contribution in [0.3, 0.4) is 0 Å². The number of amides is 2. The van der Waals surface area contributed by atoms with Crippen LogP contribution in [0.5, 0.6) is 0 Å². The van der Waals surface area contributed by atoms with Gasteiger partial charge in [0.2, 0.25) is 9.84 Å². The summed E-state index contributed by atoms with van der Waals surface area (Å²) < 4.78 is 27.2. The van der Waals surface area contributed by atoms with Crippen molar-refractivity contribution in [1.82, 2.24) is 5.32 Å². The average Bonchev–Trinajstić information content (AvgIpc) is 2.98. The molecule has 0 atom stereocenters. The molecule has 0 saturated heterocycles. The minimum Gasteiger partial charge on any atom is -0.352 e. The largest absolute Gasteiger partial charge is 0.352 e. The highest BCUT2D eigenvalue weighted by Crippen LogP contribution is 2.38. The highest BCUT2D eigenvalue weighted by atomic mass is 32.2. The number of sulfone groups is 1. The molecule has 180 valence electrons. The van der Waals surface area contributed by atoms with Crippen molar-refractivity contribution in [3.05, 3.63) is 125 Å². The molecule has 0 saturated carbocycles. The van der Waals surface area contributed by atoms with E-state index in [9.17, 15) is 18.0 Å².